The number of nitrogens with zero attached hydrogens (tertiary/aromatic N) is 4. The number of likely N-dealkylation sites (tertiary alicyclic amines) is 1. The van der Waals surface area contributed by atoms with E-state index in [0.717, 1.165) is 24.9 Å². The highest BCUT2D eigenvalue weighted by atomic mass is 15.3. The van der Waals surface area contributed by atoms with Crippen LogP contribution in [0.25, 0.3) is 0 Å². The van der Waals surface area contributed by atoms with Crippen molar-refractivity contribution >= 4 is 17.6 Å². The summed E-state index contributed by atoms with van der Waals surface area (Å²) < 4.78 is 0. The van der Waals surface area contributed by atoms with Crippen LogP contribution in [-0.4, -0.2) is 47.1 Å². The molecule has 0 radical (unpaired) electrons. The van der Waals surface area contributed by atoms with Crippen LogP contribution in [0.3, 0.4) is 0 Å². The first-order valence-electron chi connectivity index (χ1n) is 7.86. The van der Waals surface area contributed by atoms with E-state index < -0.39 is 0 Å². The summed E-state index contributed by atoms with van der Waals surface area (Å²) in [5.74, 6) is 7.11. The summed E-state index contributed by atoms with van der Waals surface area (Å²) in [5, 5.41) is 0. The zero-order valence-electron chi connectivity index (χ0n) is 12.5. The van der Waals surface area contributed by atoms with Crippen molar-refractivity contribution in [2.75, 3.05) is 42.2 Å². The predicted molar refractivity (Wildman–Crippen MR) is 84.9 cm³/mol. The monoisotopic (exact) mass is 291 g/mol. The van der Waals surface area contributed by atoms with Crippen molar-refractivity contribution in [2.45, 2.75) is 38.1 Å². The Hall–Kier alpha value is -1.60. The minimum absolute atomic E-state index is 0.263. The number of nitrogens with one attached hydrogen (secondary N) is 1. The zero-order valence-corrected chi connectivity index (χ0v) is 12.5. The first kappa shape index (κ1) is 14.3. The Bertz CT molecular complexity index is 464. The molecule has 0 atom stereocenters. The molecule has 7 heteroatoms. The van der Waals surface area contributed by atoms with E-state index in [1.165, 1.54) is 45.2 Å². The highest BCUT2D eigenvalue weighted by molar-refractivity contribution is 5.52. The third-order valence-electron chi connectivity index (χ3n) is 4.57. The molecule has 21 heavy (non-hydrogen) atoms. The van der Waals surface area contributed by atoms with Gasteiger partial charge in [0.25, 0.3) is 0 Å². The zero-order chi connectivity index (χ0) is 14.7. The fourth-order valence-electron chi connectivity index (χ4n) is 3.43. The van der Waals surface area contributed by atoms with Gasteiger partial charge in [0, 0.05) is 25.2 Å². The lowest BCUT2D eigenvalue weighted by atomic mass is 10.00. The highest BCUT2D eigenvalue weighted by Crippen LogP contribution is 2.25. The van der Waals surface area contributed by atoms with Crippen LogP contribution in [0, 0.1) is 0 Å². The summed E-state index contributed by atoms with van der Waals surface area (Å²) in [6.07, 6.45) is 6.48. The van der Waals surface area contributed by atoms with Crippen molar-refractivity contribution in [1.82, 2.24) is 14.9 Å². The number of aromatic nitrogens is 2. The van der Waals surface area contributed by atoms with E-state index in [4.69, 9.17) is 11.6 Å². The van der Waals surface area contributed by atoms with Crippen LogP contribution in [0.2, 0.25) is 0 Å². The number of hydrogen-bond donors (Lipinski definition) is 3. The van der Waals surface area contributed by atoms with Crippen molar-refractivity contribution < 1.29 is 0 Å². The summed E-state index contributed by atoms with van der Waals surface area (Å²) in [6, 6.07) is 2.59. The minimum atomic E-state index is 0.263. The minimum Gasteiger partial charge on any atom is -0.368 e. The molecule has 0 aromatic carbocycles. The van der Waals surface area contributed by atoms with E-state index >= 15 is 0 Å². The van der Waals surface area contributed by atoms with Crippen LogP contribution in [0.4, 0.5) is 17.6 Å². The molecular weight excluding hydrogens is 266 g/mol. The number of hydrazine groups is 1. The Balaban J connectivity index is 1.61. The van der Waals surface area contributed by atoms with E-state index in [9.17, 15) is 0 Å². The molecule has 116 valence electrons. The molecule has 2 aliphatic heterocycles. The molecule has 0 spiro atoms. The maximum Gasteiger partial charge on any atom is 0.223 e. The standard InChI is InChI=1S/C14H25N7/c15-14-17-12(19-16)10-13(18-14)21-8-4-11(5-9-21)20-6-2-1-3-7-20/h10-11H,1-9,16H2,(H3,15,17,18,19). The lowest BCUT2D eigenvalue weighted by molar-refractivity contribution is 0.141. The van der Waals surface area contributed by atoms with Gasteiger partial charge in [-0.3, -0.25) is 0 Å². The molecule has 3 heterocycles. The van der Waals surface area contributed by atoms with E-state index in [1.807, 2.05) is 6.07 Å². The second-order valence-corrected chi connectivity index (χ2v) is 5.93. The van der Waals surface area contributed by atoms with Crippen LogP contribution >= 0.6 is 0 Å². The molecule has 0 saturated carbocycles. The van der Waals surface area contributed by atoms with E-state index in [-0.39, 0.29) is 5.95 Å². The fraction of sp³-hybridized carbons (Fsp3) is 0.714. The van der Waals surface area contributed by atoms with Crippen LogP contribution in [0.15, 0.2) is 6.07 Å². The molecule has 0 aliphatic carbocycles. The van der Waals surface area contributed by atoms with Gasteiger partial charge in [0.15, 0.2) is 0 Å². The summed E-state index contributed by atoms with van der Waals surface area (Å²) in [4.78, 5) is 13.3. The molecule has 3 rings (SSSR count). The van der Waals surface area contributed by atoms with Gasteiger partial charge in [0.05, 0.1) is 0 Å². The average molecular weight is 291 g/mol. The van der Waals surface area contributed by atoms with Crippen molar-refractivity contribution in [3.05, 3.63) is 6.07 Å². The molecule has 0 unspecified atom stereocenters. The molecule has 2 saturated heterocycles. The van der Waals surface area contributed by atoms with Gasteiger partial charge in [-0.1, -0.05) is 6.42 Å². The second-order valence-electron chi connectivity index (χ2n) is 5.93. The first-order chi connectivity index (χ1) is 10.3. The number of nitrogens with two attached hydrogens (primary N) is 2. The molecule has 7 nitrogen and oxygen atoms in total. The van der Waals surface area contributed by atoms with Crippen molar-refractivity contribution in [3.8, 4) is 0 Å². The Kier molecular flexibility index (Phi) is 4.40. The molecule has 1 aromatic rings. The first-order valence-corrected chi connectivity index (χ1v) is 7.86. The van der Waals surface area contributed by atoms with Crippen molar-refractivity contribution in [2.24, 2.45) is 5.84 Å². The van der Waals surface area contributed by atoms with Crippen LogP contribution in [0.5, 0.6) is 0 Å². The van der Waals surface area contributed by atoms with Gasteiger partial charge in [-0.2, -0.15) is 9.97 Å². The number of anilines is 3. The molecule has 1 aromatic heterocycles. The number of hydrogen-bond acceptors (Lipinski definition) is 7. The van der Waals surface area contributed by atoms with E-state index in [2.05, 4.69) is 25.2 Å². The number of nitrogen functional groups attached to an aromatic ring is 2. The topological polar surface area (TPSA) is 96.3 Å². The summed E-state index contributed by atoms with van der Waals surface area (Å²) in [7, 11) is 0. The molecule has 2 aliphatic rings. The van der Waals surface area contributed by atoms with E-state index in [1.54, 1.807) is 0 Å². The van der Waals surface area contributed by atoms with Crippen LogP contribution in [-0.2, 0) is 0 Å². The Morgan fingerprint density at radius 1 is 1.05 bits per heavy atom. The van der Waals surface area contributed by atoms with Gasteiger partial charge in [0.1, 0.15) is 11.6 Å². The maximum atomic E-state index is 5.73. The lowest BCUT2D eigenvalue weighted by Crippen LogP contribution is -2.47. The van der Waals surface area contributed by atoms with Crippen molar-refractivity contribution in [1.29, 1.82) is 0 Å². The molecule has 5 N–H and O–H groups in total. The molecule has 0 bridgehead atoms. The lowest BCUT2D eigenvalue weighted by Gasteiger charge is -2.40. The largest absolute Gasteiger partial charge is 0.368 e. The number of rotatable bonds is 3. The Morgan fingerprint density at radius 2 is 1.76 bits per heavy atom. The maximum absolute atomic E-state index is 5.73. The Labute approximate surface area is 125 Å². The van der Waals surface area contributed by atoms with Crippen LogP contribution < -0.4 is 21.9 Å². The summed E-state index contributed by atoms with van der Waals surface area (Å²) in [5.41, 5.74) is 8.27. The van der Waals surface area contributed by atoms with Gasteiger partial charge >= 0.3 is 0 Å². The second kappa shape index (κ2) is 6.44. The van der Waals surface area contributed by atoms with Gasteiger partial charge in [-0.05, 0) is 38.8 Å². The quantitative estimate of drug-likeness (QED) is 0.560. The normalized spacial score (nSPS) is 21.5. The SMILES string of the molecule is NNc1cc(N2CCC(N3CCCCC3)CC2)nc(N)n1. The smallest absolute Gasteiger partial charge is 0.223 e. The van der Waals surface area contributed by atoms with Gasteiger partial charge in [-0.15, -0.1) is 0 Å². The Morgan fingerprint density at radius 3 is 2.43 bits per heavy atom. The highest BCUT2D eigenvalue weighted by Gasteiger charge is 2.26. The molecular formula is C14H25N7. The summed E-state index contributed by atoms with van der Waals surface area (Å²) in [6.45, 7) is 4.57. The van der Waals surface area contributed by atoms with Gasteiger partial charge < -0.3 is 21.0 Å². The number of piperidine rings is 2. The van der Waals surface area contributed by atoms with Gasteiger partial charge in [-0.25, -0.2) is 5.84 Å². The summed E-state index contributed by atoms with van der Waals surface area (Å²) >= 11 is 0. The molecule has 0 amide bonds. The average Bonchev–Trinajstić information content (AvgIpc) is 2.55. The molecule has 2 fully saturated rings. The third-order valence-corrected chi connectivity index (χ3v) is 4.57. The van der Waals surface area contributed by atoms with Crippen LogP contribution in [0.1, 0.15) is 32.1 Å². The van der Waals surface area contributed by atoms with Crippen molar-refractivity contribution in [3.63, 3.8) is 0 Å². The van der Waals surface area contributed by atoms with Gasteiger partial charge in [0.2, 0.25) is 5.95 Å². The van der Waals surface area contributed by atoms with E-state index in [0.29, 0.717) is 5.82 Å². The third kappa shape index (κ3) is 3.36. The predicted octanol–water partition coefficient (Wildman–Crippen LogP) is 0.799. The fourth-order valence-corrected chi connectivity index (χ4v) is 3.43.